The van der Waals surface area contributed by atoms with Gasteiger partial charge in [-0.15, -0.1) is 0 Å². The molecule has 0 bridgehead atoms. The quantitative estimate of drug-likeness (QED) is 0.772. The number of carboxylic acid groups (broad SMARTS) is 1. The van der Waals surface area contributed by atoms with E-state index >= 15 is 0 Å². The molecule has 68 valence electrons. The molecule has 0 aliphatic heterocycles. The summed E-state index contributed by atoms with van der Waals surface area (Å²) < 4.78 is 0. The van der Waals surface area contributed by atoms with Gasteiger partial charge in [-0.2, -0.15) is 0 Å². The minimum atomic E-state index is -1.02. The standard InChI is InChI=1S/C9H6Cl2O2/c10-7-2-3-8(11)6(5-7)1-4-9(12)13/h1-5H,(H,12,13)/b4-1+. The van der Waals surface area contributed by atoms with Crippen LogP contribution < -0.4 is 0 Å². The molecule has 0 fully saturated rings. The van der Waals surface area contributed by atoms with Crippen molar-refractivity contribution < 1.29 is 9.90 Å². The average Bonchev–Trinajstić information content (AvgIpc) is 2.06. The van der Waals surface area contributed by atoms with E-state index in [9.17, 15) is 4.79 Å². The fraction of sp³-hybridized carbons (Fsp3) is 0. The second kappa shape index (κ2) is 4.30. The molecule has 0 saturated carbocycles. The molecule has 0 saturated heterocycles. The first-order valence-corrected chi connectivity index (χ1v) is 4.21. The number of hydrogen-bond donors (Lipinski definition) is 1. The van der Waals surface area contributed by atoms with Crippen LogP contribution in [0.25, 0.3) is 6.08 Å². The summed E-state index contributed by atoms with van der Waals surface area (Å²) in [6, 6.07) is 4.86. The van der Waals surface area contributed by atoms with Gasteiger partial charge in [0.05, 0.1) is 0 Å². The first-order chi connectivity index (χ1) is 6.09. The Hall–Kier alpha value is -0.990. The van der Waals surface area contributed by atoms with Crippen LogP contribution in [0.4, 0.5) is 0 Å². The Morgan fingerprint density at radius 1 is 1.38 bits per heavy atom. The number of hydrogen-bond acceptors (Lipinski definition) is 1. The molecular weight excluding hydrogens is 211 g/mol. The van der Waals surface area contributed by atoms with Crippen molar-refractivity contribution in [1.82, 2.24) is 0 Å². The van der Waals surface area contributed by atoms with Crippen LogP contribution in [0.3, 0.4) is 0 Å². The Morgan fingerprint density at radius 2 is 2.08 bits per heavy atom. The zero-order valence-electron chi connectivity index (χ0n) is 6.50. The SMILES string of the molecule is O=C(O)/C=C/c1cc(Cl)ccc1Cl. The smallest absolute Gasteiger partial charge is 0.328 e. The zero-order valence-corrected chi connectivity index (χ0v) is 8.01. The Labute approximate surface area is 85.4 Å². The van der Waals surface area contributed by atoms with Gasteiger partial charge in [-0.05, 0) is 29.8 Å². The van der Waals surface area contributed by atoms with Crippen LogP contribution in [0.1, 0.15) is 5.56 Å². The van der Waals surface area contributed by atoms with Crippen molar-refractivity contribution in [3.05, 3.63) is 39.9 Å². The number of halogens is 2. The van der Waals surface area contributed by atoms with Gasteiger partial charge >= 0.3 is 5.97 Å². The second-order valence-electron chi connectivity index (χ2n) is 2.34. The van der Waals surface area contributed by atoms with Gasteiger partial charge < -0.3 is 5.11 Å². The number of benzene rings is 1. The third-order valence-corrected chi connectivity index (χ3v) is 1.94. The van der Waals surface area contributed by atoms with E-state index in [0.717, 1.165) is 6.08 Å². The Kier molecular flexibility index (Phi) is 3.34. The van der Waals surface area contributed by atoms with Crippen LogP contribution in [-0.4, -0.2) is 11.1 Å². The van der Waals surface area contributed by atoms with Crippen molar-refractivity contribution in [2.45, 2.75) is 0 Å². The molecule has 0 aromatic heterocycles. The lowest BCUT2D eigenvalue weighted by Gasteiger charge is -1.97. The summed E-state index contributed by atoms with van der Waals surface area (Å²) in [5, 5.41) is 9.37. The van der Waals surface area contributed by atoms with E-state index in [1.165, 1.54) is 6.08 Å². The van der Waals surface area contributed by atoms with Gasteiger partial charge in [0.15, 0.2) is 0 Å². The van der Waals surface area contributed by atoms with Crippen molar-refractivity contribution in [1.29, 1.82) is 0 Å². The highest BCUT2D eigenvalue weighted by atomic mass is 35.5. The van der Waals surface area contributed by atoms with Crippen molar-refractivity contribution in [3.63, 3.8) is 0 Å². The second-order valence-corrected chi connectivity index (χ2v) is 3.18. The maximum atomic E-state index is 10.2. The summed E-state index contributed by atoms with van der Waals surface area (Å²) >= 11 is 11.5. The van der Waals surface area contributed by atoms with Crippen molar-refractivity contribution in [3.8, 4) is 0 Å². The minimum Gasteiger partial charge on any atom is -0.478 e. The molecule has 2 nitrogen and oxygen atoms in total. The van der Waals surface area contributed by atoms with E-state index in [1.54, 1.807) is 18.2 Å². The molecule has 0 aliphatic carbocycles. The molecule has 0 aliphatic rings. The van der Waals surface area contributed by atoms with E-state index in [1.807, 2.05) is 0 Å². The summed E-state index contributed by atoms with van der Waals surface area (Å²) in [5.41, 5.74) is 0.594. The monoisotopic (exact) mass is 216 g/mol. The molecule has 0 amide bonds. The van der Waals surface area contributed by atoms with Crippen molar-refractivity contribution in [2.24, 2.45) is 0 Å². The fourth-order valence-corrected chi connectivity index (χ4v) is 1.16. The normalized spacial score (nSPS) is 10.6. The highest BCUT2D eigenvalue weighted by Gasteiger charge is 1.97. The van der Waals surface area contributed by atoms with Gasteiger partial charge in [0.25, 0.3) is 0 Å². The molecular formula is C9H6Cl2O2. The number of rotatable bonds is 2. The largest absolute Gasteiger partial charge is 0.478 e. The summed E-state index contributed by atoms with van der Waals surface area (Å²) in [6.07, 6.45) is 2.41. The molecule has 0 spiro atoms. The van der Waals surface area contributed by atoms with Crippen LogP contribution in [0.2, 0.25) is 10.0 Å². The van der Waals surface area contributed by atoms with E-state index in [4.69, 9.17) is 28.3 Å². The number of aliphatic carboxylic acids is 1. The molecule has 0 unspecified atom stereocenters. The first-order valence-electron chi connectivity index (χ1n) is 3.45. The molecule has 1 aromatic carbocycles. The predicted octanol–water partition coefficient (Wildman–Crippen LogP) is 3.09. The van der Waals surface area contributed by atoms with Crippen LogP contribution in [0.5, 0.6) is 0 Å². The van der Waals surface area contributed by atoms with E-state index in [2.05, 4.69) is 0 Å². The lowest BCUT2D eigenvalue weighted by Crippen LogP contribution is -1.86. The number of carbonyl (C=O) groups is 1. The third kappa shape index (κ3) is 3.09. The lowest BCUT2D eigenvalue weighted by molar-refractivity contribution is -0.131. The van der Waals surface area contributed by atoms with Gasteiger partial charge in [0.2, 0.25) is 0 Å². The maximum Gasteiger partial charge on any atom is 0.328 e. The predicted molar refractivity (Wildman–Crippen MR) is 53.1 cm³/mol. The van der Waals surface area contributed by atoms with Gasteiger partial charge in [-0.25, -0.2) is 4.79 Å². The molecule has 1 aromatic rings. The first kappa shape index (κ1) is 10.1. The lowest BCUT2D eigenvalue weighted by atomic mass is 10.2. The third-order valence-electron chi connectivity index (χ3n) is 1.36. The van der Waals surface area contributed by atoms with Gasteiger partial charge in [-0.3, -0.25) is 0 Å². The molecule has 0 radical (unpaired) electrons. The van der Waals surface area contributed by atoms with Crippen LogP contribution >= 0.6 is 23.2 Å². The maximum absolute atomic E-state index is 10.2. The minimum absolute atomic E-state index is 0.474. The Balaban J connectivity index is 3.00. The summed E-state index contributed by atoms with van der Waals surface area (Å²) in [6.45, 7) is 0. The molecule has 1 N–H and O–H groups in total. The van der Waals surface area contributed by atoms with Crippen molar-refractivity contribution in [2.75, 3.05) is 0 Å². The van der Waals surface area contributed by atoms with E-state index in [-0.39, 0.29) is 0 Å². The van der Waals surface area contributed by atoms with Crippen LogP contribution in [-0.2, 0) is 4.79 Å². The topological polar surface area (TPSA) is 37.3 Å². The van der Waals surface area contributed by atoms with Crippen LogP contribution in [0, 0.1) is 0 Å². The molecule has 1 rings (SSSR count). The van der Waals surface area contributed by atoms with Gasteiger partial charge in [0.1, 0.15) is 0 Å². The van der Waals surface area contributed by atoms with Gasteiger partial charge in [0, 0.05) is 16.1 Å². The number of carboxylic acids is 1. The van der Waals surface area contributed by atoms with Gasteiger partial charge in [-0.1, -0.05) is 23.2 Å². The molecule has 0 heterocycles. The Bertz CT molecular complexity index is 359. The van der Waals surface area contributed by atoms with E-state index < -0.39 is 5.97 Å². The fourth-order valence-electron chi connectivity index (χ4n) is 0.803. The highest BCUT2D eigenvalue weighted by molar-refractivity contribution is 6.34. The van der Waals surface area contributed by atoms with Crippen molar-refractivity contribution >= 4 is 35.2 Å². The summed E-state index contributed by atoms with van der Waals surface area (Å²) in [5.74, 6) is -1.02. The highest BCUT2D eigenvalue weighted by Crippen LogP contribution is 2.21. The molecule has 4 heteroatoms. The molecule has 13 heavy (non-hydrogen) atoms. The zero-order chi connectivity index (χ0) is 9.84. The molecule has 0 atom stereocenters. The average molecular weight is 217 g/mol. The van der Waals surface area contributed by atoms with E-state index in [0.29, 0.717) is 15.6 Å². The van der Waals surface area contributed by atoms with Crippen LogP contribution in [0.15, 0.2) is 24.3 Å². The summed E-state index contributed by atoms with van der Waals surface area (Å²) in [4.78, 5) is 10.2. The summed E-state index contributed by atoms with van der Waals surface area (Å²) in [7, 11) is 0. The Morgan fingerprint density at radius 3 is 2.69 bits per heavy atom.